The quantitative estimate of drug-likeness (QED) is 0.523. The number of hydrogen-bond donors (Lipinski definition) is 1. The summed E-state index contributed by atoms with van der Waals surface area (Å²) in [5, 5.41) is 10.7. The maximum atomic E-state index is 12.7. The van der Waals surface area contributed by atoms with Gasteiger partial charge in [-0.15, -0.1) is 0 Å². The summed E-state index contributed by atoms with van der Waals surface area (Å²) in [6.45, 7) is 3.32. The number of pyridine rings is 1. The molecule has 32 heavy (non-hydrogen) atoms. The van der Waals surface area contributed by atoms with Crippen LogP contribution in [0.1, 0.15) is 54.1 Å². The Morgan fingerprint density at radius 1 is 1.03 bits per heavy atom. The van der Waals surface area contributed by atoms with Gasteiger partial charge in [-0.1, -0.05) is 41.9 Å². The van der Waals surface area contributed by atoms with E-state index >= 15 is 0 Å². The molecule has 1 aromatic heterocycles. The first kappa shape index (κ1) is 22.7. The minimum atomic E-state index is -1.07. The lowest BCUT2D eigenvalue weighted by molar-refractivity contribution is -0.142. The van der Waals surface area contributed by atoms with Crippen LogP contribution in [0.2, 0.25) is 5.15 Å². The van der Waals surface area contributed by atoms with Crippen molar-refractivity contribution in [1.29, 1.82) is 0 Å². The second-order valence-corrected chi connectivity index (χ2v) is 9.27. The second kappa shape index (κ2) is 10.5. The number of carbonyl (C=O) groups excluding carboxylic acids is 2. The molecule has 4 rings (SSSR count). The number of benzene rings is 1. The van der Waals surface area contributed by atoms with Gasteiger partial charge in [-0.05, 0) is 61.6 Å². The third kappa shape index (κ3) is 5.30. The Labute approximate surface area is 194 Å². The molecule has 6 nitrogen and oxygen atoms in total. The SMILES string of the molecule is O=Cc1ccc(N2CCC(CC3CCN(C(=O)C(O)c4ccccc4)CC3)CC2)nc1Cl. The molecule has 1 N–H and O–H groups in total. The Morgan fingerprint density at radius 2 is 1.66 bits per heavy atom. The number of carbonyl (C=O) groups is 2. The maximum Gasteiger partial charge on any atom is 0.256 e. The highest BCUT2D eigenvalue weighted by molar-refractivity contribution is 6.31. The average Bonchev–Trinajstić information content (AvgIpc) is 2.84. The van der Waals surface area contributed by atoms with Crippen LogP contribution in [0.15, 0.2) is 42.5 Å². The van der Waals surface area contributed by atoms with E-state index in [2.05, 4.69) is 9.88 Å². The van der Waals surface area contributed by atoms with Crippen LogP contribution in [0.3, 0.4) is 0 Å². The van der Waals surface area contributed by atoms with Crippen molar-refractivity contribution in [3.05, 3.63) is 58.7 Å². The van der Waals surface area contributed by atoms with Gasteiger partial charge in [-0.2, -0.15) is 0 Å². The van der Waals surface area contributed by atoms with Gasteiger partial charge in [0.25, 0.3) is 5.91 Å². The molecule has 1 amide bonds. The van der Waals surface area contributed by atoms with Crippen LogP contribution in [0, 0.1) is 11.8 Å². The van der Waals surface area contributed by atoms with Gasteiger partial charge in [0.1, 0.15) is 11.0 Å². The molecule has 0 saturated carbocycles. The molecule has 2 aromatic rings. The van der Waals surface area contributed by atoms with Crippen LogP contribution in [0.4, 0.5) is 5.82 Å². The number of aliphatic hydroxyl groups is 1. The van der Waals surface area contributed by atoms with Crippen LogP contribution < -0.4 is 4.90 Å². The van der Waals surface area contributed by atoms with Gasteiger partial charge in [0, 0.05) is 26.2 Å². The number of rotatable bonds is 6. The van der Waals surface area contributed by atoms with Crippen molar-refractivity contribution in [3.8, 4) is 0 Å². The Bertz CT molecular complexity index is 923. The van der Waals surface area contributed by atoms with E-state index in [0.29, 0.717) is 23.0 Å². The van der Waals surface area contributed by atoms with Crippen LogP contribution in [-0.4, -0.2) is 53.4 Å². The van der Waals surface area contributed by atoms with Gasteiger partial charge in [-0.3, -0.25) is 9.59 Å². The van der Waals surface area contributed by atoms with Gasteiger partial charge in [0.2, 0.25) is 0 Å². The number of amides is 1. The summed E-state index contributed by atoms with van der Waals surface area (Å²) in [4.78, 5) is 32.0. The van der Waals surface area contributed by atoms with Crippen LogP contribution >= 0.6 is 11.6 Å². The molecular weight excluding hydrogens is 426 g/mol. The van der Waals surface area contributed by atoms with E-state index in [0.717, 1.165) is 64.0 Å². The highest BCUT2D eigenvalue weighted by Crippen LogP contribution is 2.32. The average molecular weight is 456 g/mol. The summed E-state index contributed by atoms with van der Waals surface area (Å²) < 4.78 is 0. The molecule has 1 unspecified atom stereocenters. The molecule has 0 aliphatic carbocycles. The highest BCUT2D eigenvalue weighted by atomic mass is 35.5. The molecule has 0 bridgehead atoms. The number of hydrogen-bond acceptors (Lipinski definition) is 5. The Kier molecular flexibility index (Phi) is 7.43. The van der Waals surface area contributed by atoms with Crippen molar-refractivity contribution in [3.63, 3.8) is 0 Å². The molecule has 2 aliphatic rings. The molecule has 1 aromatic carbocycles. The lowest BCUT2D eigenvalue weighted by Gasteiger charge is -2.37. The van der Waals surface area contributed by atoms with Crippen LogP contribution in [0.5, 0.6) is 0 Å². The zero-order valence-corrected chi connectivity index (χ0v) is 19.0. The molecule has 170 valence electrons. The molecule has 2 saturated heterocycles. The number of aliphatic hydroxyl groups excluding tert-OH is 1. The summed E-state index contributed by atoms with van der Waals surface area (Å²) in [7, 11) is 0. The summed E-state index contributed by atoms with van der Waals surface area (Å²) in [6, 6.07) is 12.7. The number of halogens is 1. The van der Waals surface area contributed by atoms with Crippen LogP contribution in [-0.2, 0) is 4.79 Å². The monoisotopic (exact) mass is 455 g/mol. The number of likely N-dealkylation sites (tertiary alicyclic amines) is 1. The van der Waals surface area contributed by atoms with E-state index in [4.69, 9.17) is 11.6 Å². The van der Waals surface area contributed by atoms with E-state index in [1.54, 1.807) is 18.2 Å². The van der Waals surface area contributed by atoms with E-state index < -0.39 is 6.10 Å². The predicted molar refractivity (Wildman–Crippen MR) is 125 cm³/mol. The van der Waals surface area contributed by atoms with Gasteiger partial charge >= 0.3 is 0 Å². The Balaban J connectivity index is 1.22. The fourth-order valence-electron chi connectivity index (χ4n) is 4.91. The van der Waals surface area contributed by atoms with Crippen molar-refractivity contribution in [2.45, 2.75) is 38.2 Å². The fourth-order valence-corrected chi connectivity index (χ4v) is 5.10. The van der Waals surface area contributed by atoms with Crippen molar-refractivity contribution in [1.82, 2.24) is 9.88 Å². The maximum absolute atomic E-state index is 12.7. The molecule has 2 fully saturated rings. The summed E-state index contributed by atoms with van der Waals surface area (Å²) in [5.41, 5.74) is 1.08. The minimum Gasteiger partial charge on any atom is -0.378 e. The Hall–Kier alpha value is -2.44. The number of piperidine rings is 2. The van der Waals surface area contributed by atoms with Crippen molar-refractivity contribution in [2.75, 3.05) is 31.1 Å². The first-order chi connectivity index (χ1) is 15.5. The molecule has 3 heterocycles. The highest BCUT2D eigenvalue weighted by Gasteiger charge is 2.30. The van der Waals surface area contributed by atoms with E-state index in [-0.39, 0.29) is 11.1 Å². The van der Waals surface area contributed by atoms with Crippen molar-refractivity contribution >= 4 is 29.6 Å². The van der Waals surface area contributed by atoms with Gasteiger partial charge in [0.15, 0.2) is 12.4 Å². The summed E-state index contributed by atoms with van der Waals surface area (Å²) in [6.07, 6.45) is 5.07. The number of anilines is 1. The molecule has 2 aliphatic heterocycles. The normalized spacial score (nSPS) is 19.1. The summed E-state index contributed by atoms with van der Waals surface area (Å²) in [5.74, 6) is 1.96. The van der Waals surface area contributed by atoms with Gasteiger partial charge in [-0.25, -0.2) is 4.98 Å². The molecular formula is C25H30ClN3O3. The molecule has 1 atom stereocenters. The molecule has 0 radical (unpaired) electrons. The van der Waals surface area contributed by atoms with Crippen molar-refractivity contribution < 1.29 is 14.7 Å². The first-order valence-electron chi connectivity index (χ1n) is 11.4. The lowest BCUT2D eigenvalue weighted by Crippen LogP contribution is -2.42. The van der Waals surface area contributed by atoms with Crippen LogP contribution in [0.25, 0.3) is 0 Å². The van der Waals surface area contributed by atoms with Crippen molar-refractivity contribution in [2.24, 2.45) is 11.8 Å². The van der Waals surface area contributed by atoms with Gasteiger partial charge in [0.05, 0.1) is 5.56 Å². The number of nitrogens with zero attached hydrogens (tertiary/aromatic N) is 3. The Morgan fingerprint density at radius 3 is 2.25 bits per heavy atom. The minimum absolute atomic E-state index is 0.185. The first-order valence-corrected chi connectivity index (χ1v) is 11.8. The van der Waals surface area contributed by atoms with E-state index in [1.165, 1.54) is 6.42 Å². The van der Waals surface area contributed by atoms with Gasteiger partial charge < -0.3 is 14.9 Å². The topological polar surface area (TPSA) is 73.7 Å². The third-order valence-electron chi connectivity index (χ3n) is 6.87. The molecule has 0 spiro atoms. The third-order valence-corrected chi connectivity index (χ3v) is 7.17. The smallest absolute Gasteiger partial charge is 0.256 e. The number of aldehydes is 1. The predicted octanol–water partition coefficient (Wildman–Crippen LogP) is 4.13. The standard InChI is InChI=1S/C25H30ClN3O3/c26-24-21(17-30)6-7-22(27-24)28-12-8-18(9-13-28)16-19-10-14-29(15-11-19)25(32)23(31)20-4-2-1-3-5-20/h1-7,17-19,23,31H,8-16H2. The lowest BCUT2D eigenvalue weighted by atomic mass is 9.82. The summed E-state index contributed by atoms with van der Waals surface area (Å²) >= 11 is 6.08. The van der Waals surface area contributed by atoms with E-state index in [9.17, 15) is 14.7 Å². The fraction of sp³-hybridized carbons (Fsp3) is 0.480. The molecule has 7 heteroatoms. The zero-order chi connectivity index (χ0) is 22.5. The van der Waals surface area contributed by atoms with E-state index in [1.807, 2.05) is 29.2 Å². The largest absolute Gasteiger partial charge is 0.378 e. The second-order valence-electron chi connectivity index (χ2n) is 8.92. The zero-order valence-electron chi connectivity index (χ0n) is 18.2. The number of aromatic nitrogens is 1.